The number of aromatic amines is 1. The van der Waals surface area contributed by atoms with Crippen molar-refractivity contribution in [3.63, 3.8) is 0 Å². The third kappa shape index (κ3) is 2.41. The van der Waals surface area contributed by atoms with E-state index in [1.807, 2.05) is 0 Å². The first-order valence-electron chi connectivity index (χ1n) is 3.45. The number of nitrogens with one attached hydrogen (secondary N) is 2. The number of hydrogen-bond donors (Lipinski definition) is 2. The Kier molecular flexibility index (Phi) is 3.68. The van der Waals surface area contributed by atoms with Crippen LogP contribution < -0.4 is 5.32 Å². The molecular formula is C7H7Br2N3O. The standard InChI is InChI=1S/C7H7Br2N3O/c1-2-3-10-7(13)5-4(8)6(9)12-11-5/h2H,1,3H2,(H,10,13)(H,11,12). The SMILES string of the molecule is C=CCNC(=O)c1n[nH]c(Br)c1Br. The molecule has 0 aromatic carbocycles. The topological polar surface area (TPSA) is 57.8 Å². The van der Waals surface area contributed by atoms with Crippen LogP contribution in [0.4, 0.5) is 0 Å². The van der Waals surface area contributed by atoms with Gasteiger partial charge in [-0.05, 0) is 31.9 Å². The van der Waals surface area contributed by atoms with Crippen LogP contribution in [0.5, 0.6) is 0 Å². The molecule has 13 heavy (non-hydrogen) atoms. The van der Waals surface area contributed by atoms with Crippen molar-refractivity contribution in [1.29, 1.82) is 0 Å². The van der Waals surface area contributed by atoms with Gasteiger partial charge in [0.1, 0.15) is 4.60 Å². The van der Waals surface area contributed by atoms with Gasteiger partial charge in [0.25, 0.3) is 5.91 Å². The maximum Gasteiger partial charge on any atom is 0.273 e. The fourth-order valence-corrected chi connectivity index (χ4v) is 1.34. The first-order chi connectivity index (χ1) is 6.16. The van der Waals surface area contributed by atoms with E-state index < -0.39 is 0 Å². The minimum absolute atomic E-state index is 0.242. The van der Waals surface area contributed by atoms with Crippen molar-refractivity contribution in [1.82, 2.24) is 15.5 Å². The molecule has 1 amide bonds. The van der Waals surface area contributed by atoms with Crippen molar-refractivity contribution in [3.05, 3.63) is 27.4 Å². The van der Waals surface area contributed by atoms with Gasteiger partial charge in [-0.15, -0.1) is 6.58 Å². The molecule has 6 heteroatoms. The fraction of sp³-hybridized carbons (Fsp3) is 0.143. The number of amides is 1. The van der Waals surface area contributed by atoms with Crippen LogP contribution in [0.2, 0.25) is 0 Å². The number of carbonyl (C=O) groups is 1. The maximum absolute atomic E-state index is 11.3. The summed E-state index contributed by atoms with van der Waals surface area (Å²) in [5.41, 5.74) is 0.328. The highest BCUT2D eigenvalue weighted by Crippen LogP contribution is 2.23. The van der Waals surface area contributed by atoms with E-state index >= 15 is 0 Å². The van der Waals surface area contributed by atoms with E-state index in [2.05, 4.69) is 54.0 Å². The molecule has 1 heterocycles. The number of halogens is 2. The molecule has 0 aliphatic rings. The lowest BCUT2D eigenvalue weighted by Crippen LogP contribution is -2.23. The highest BCUT2D eigenvalue weighted by Gasteiger charge is 2.15. The number of nitrogens with zero attached hydrogens (tertiary/aromatic N) is 1. The third-order valence-electron chi connectivity index (χ3n) is 1.29. The monoisotopic (exact) mass is 307 g/mol. The molecule has 4 nitrogen and oxygen atoms in total. The largest absolute Gasteiger partial charge is 0.347 e. The van der Waals surface area contributed by atoms with E-state index in [1.54, 1.807) is 6.08 Å². The Hall–Kier alpha value is -0.620. The van der Waals surface area contributed by atoms with Gasteiger partial charge < -0.3 is 5.32 Å². The zero-order chi connectivity index (χ0) is 9.84. The second-order valence-corrected chi connectivity index (χ2v) is 3.78. The first-order valence-corrected chi connectivity index (χ1v) is 5.04. The summed E-state index contributed by atoms with van der Waals surface area (Å²) in [4.78, 5) is 11.3. The first kappa shape index (κ1) is 10.5. The summed E-state index contributed by atoms with van der Waals surface area (Å²) in [6.45, 7) is 3.92. The average molecular weight is 309 g/mol. The second-order valence-electron chi connectivity index (χ2n) is 2.20. The van der Waals surface area contributed by atoms with Crippen LogP contribution in [0.3, 0.4) is 0 Å². The zero-order valence-corrected chi connectivity index (χ0v) is 9.77. The Morgan fingerprint density at radius 1 is 1.69 bits per heavy atom. The lowest BCUT2D eigenvalue weighted by Gasteiger charge is -1.97. The number of rotatable bonds is 3. The molecule has 1 aromatic rings. The van der Waals surface area contributed by atoms with Crippen LogP contribution in [-0.2, 0) is 0 Å². The van der Waals surface area contributed by atoms with Crippen LogP contribution in [-0.4, -0.2) is 22.6 Å². The van der Waals surface area contributed by atoms with E-state index in [0.29, 0.717) is 21.3 Å². The normalized spacial score (nSPS) is 9.69. The molecule has 0 saturated carbocycles. The van der Waals surface area contributed by atoms with E-state index in [-0.39, 0.29) is 5.91 Å². The van der Waals surface area contributed by atoms with Crippen LogP contribution in [0, 0.1) is 0 Å². The lowest BCUT2D eigenvalue weighted by atomic mass is 10.4. The van der Waals surface area contributed by atoms with Crippen LogP contribution >= 0.6 is 31.9 Å². The van der Waals surface area contributed by atoms with Gasteiger partial charge in [-0.25, -0.2) is 0 Å². The van der Waals surface area contributed by atoms with Gasteiger partial charge in [0.05, 0.1) is 4.47 Å². The molecule has 0 bridgehead atoms. The van der Waals surface area contributed by atoms with E-state index in [9.17, 15) is 4.79 Å². The second kappa shape index (κ2) is 4.57. The molecule has 1 aromatic heterocycles. The molecule has 0 aliphatic heterocycles. The fourth-order valence-electron chi connectivity index (χ4n) is 0.706. The Bertz CT molecular complexity index is 334. The molecule has 1 rings (SSSR count). The van der Waals surface area contributed by atoms with E-state index in [1.165, 1.54) is 0 Å². The minimum atomic E-state index is -0.242. The van der Waals surface area contributed by atoms with Gasteiger partial charge in [-0.2, -0.15) is 5.10 Å². The summed E-state index contributed by atoms with van der Waals surface area (Å²) >= 11 is 6.40. The van der Waals surface area contributed by atoms with Gasteiger partial charge >= 0.3 is 0 Å². The van der Waals surface area contributed by atoms with Gasteiger partial charge in [0.2, 0.25) is 0 Å². The van der Waals surface area contributed by atoms with E-state index in [0.717, 1.165) is 0 Å². The van der Waals surface area contributed by atoms with Crippen molar-refractivity contribution < 1.29 is 4.79 Å². The molecule has 0 unspecified atom stereocenters. The van der Waals surface area contributed by atoms with Crippen molar-refractivity contribution in [2.24, 2.45) is 0 Å². The zero-order valence-electron chi connectivity index (χ0n) is 6.60. The van der Waals surface area contributed by atoms with Crippen molar-refractivity contribution in [3.8, 4) is 0 Å². The van der Waals surface area contributed by atoms with Crippen molar-refractivity contribution >= 4 is 37.8 Å². The molecule has 0 fully saturated rings. The average Bonchev–Trinajstić information content (AvgIpc) is 2.44. The number of hydrogen-bond acceptors (Lipinski definition) is 2. The smallest absolute Gasteiger partial charge is 0.273 e. The molecule has 0 atom stereocenters. The van der Waals surface area contributed by atoms with Gasteiger partial charge in [0.15, 0.2) is 5.69 Å². The summed E-state index contributed by atoms with van der Waals surface area (Å²) in [5.74, 6) is -0.242. The molecular weight excluding hydrogens is 302 g/mol. The number of aromatic nitrogens is 2. The van der Waals surface area contributed by atoms with Crippen molar-refractivity contribution in [2.45, 2.75) is 0 Å². The van der Waals surface area contributed by atoms with Crippen molar-refractivity contribution in [2.75, 3.05) is 6.54 Å². The van der Waals surface area contributed by atoms with Crippen LogP contribution in [0.15, 0.2) is 21.7 Å². The molecule has 0 spiro atoms. The molecule has 0 saturated heterocycles. The third-order valence-corrected chi connectivity index (χ3v) is 3.17. The van der Waals surface area contributed by atoms with Crippen LogP contribution in [0.25, 0.3) is 0 Å². The maximum atomic E-state index is 11.3. The molecule has 70 valence electrons. The summed E-state index contributed by atoms with van der Waals surface area (Å²) in [5, 5.41) is 9.04. The minimum Gasteiger partial charge on any atom is -0.347 e. The van der Waals surface area contributed by atoms with Crippen LogP contribution in [0.1, 0.15) is 10.5 Å². The Morgan fingerprint density at radius 3 is 2.85 bits per heavy atom. The Labute approximate surface area is 92.0 Å². The van der Waals surface area contributed by atoms with Gasteiger partial charge in [0, 0.05) is 6.54 Å². The predicted octanol–water partition coefficient (Wildman–Crippen LogP) is 1.85. The Balaban J connectivity index is 2.77. The van der Waals surface area contributed by atoms with Gasteiger partial charge in [-0.1, -0.05) is 6.08 Å². The Morgan fingerprint density at radius 2 is 2.38 bits per heavy atom. The number of carbonyl (C=O) groups excluding carboxylic acids is 1. The number of H-pyrrole nitrogens is 1. The summed E-state index contributed by atoms with van der Waals surface area (Å²) in [6.07, 6.45) is 1.60. The quantitative estimate of drug-likeness (QED) is 0.837. The summed E-state index contributed by atoms with van der Waals surface area (Å²) in [6, 6.07) is 0. The summed E-state index contributed by atoms with van der Waals surface area (Å²) in [7, 11) is 0. The predicted molar refractivity (Wildman–Crippen MR) is 56.5 cm³/mol. The highest BCUT2D eigenvalue weighted by atomic mass is 79.9. The van der Waals surface area contributed by atoms with Gasteiger partial charge in [-0.3, -0.25) is 9.89 Å². The van der Waals surface area contributed by atoms with E-state index in [4.69, 9.17) is 0 Å². The molecule has 0 aliphatic carbocycles. The lowest BCUT2D eigenvalue weighted by molar-refractivity contribution is 0.0952. The molecule has 2 N–H and O–H groups in total. The molecule has 0 radical (unpaired) electrons. The summed E-state index contributed by atoms with van der Waals surface area (Å²) < 4.78 is 1.27. The highest BCUT2D eigenvalue weighted by molar-refractivity contribution is 9.13.